The summed E-state index contributed by atoms with van der Waals surface area (Å²) in [6.45, 7) is 1.47. The number of nitrogens with zero attached hydrogens (tertiary/aromatic N) is 1. The first-order chi connectivity index (χ1) is 14.5. The summed E-state index contributed by atoms with van der Waals surface area (Å²) in [7, 11) is 1.26. The number of alkyl halides is 4. The molecule has 1 aromatic heterocycles. The van der Waals surface area contributed by atoms with Crippen LogP contribution in [0.2, 0.25) is 0 Å². The lowest BCUT2D eigenvalue weighted by Crippen LogP contribution is -2.36. The molecule has 2 aliphatic rings. The van der Waals surface area contributed by atoms with E-state index in [1.807, 2.05) is 0 Å². The summed E-state index contributed by atoms with van der Waals surface area (Å²) in [6, 6.07) is 1.52. The zero-order valence-corrected chi connectivity index (χ0v) is 17.8. The molecule has 12 heteroatoms. The van der Waals surface area contributed by atoms with Crippen LogP contribution in [0.25, 0.3) is 0 Å². The smallest absolute Gasteiger partial charge is 0.358 e. The number of thiophene rings is 1. The zero-order valence-electron chi connectivity index (χ0n) is 16.1. The van der Waals surface area contributed by atoms with Gasteiger partial charge in [-0.3, -0.25) is 9.59 Å². The second kappa shape index (κ2) is 8.65. The number of fused-ring (bicyclic) bond motifs is 1. The fraction of sp³-hybridized carbons (Fsp3) is 0.368. The second-order valence-corrected chi connectivity index (χ2v) is 9.17. The number of methoxy groups -OCH3 is 1. The lowest BCUT2D eigenvalue weighted by Gasteiger charge is -2.28. The molecule has 0 fully saturated rings. The number of carbonyl (C=O) groups is 2. The lowest BCUT2D eigenvalue weighted by molar-refractivity contribution is -0.136. The third-order valence-corrected chi connectivity index (χ3v) is 6.95. The van der Waals surface area contributed by atoms with Crippen LogP contribution in [0.1, 0.15) is 29.4 Å². The highest BCUT2D eigenvalue weighted by molar-refractivity contribution is 8.02. The topological polar surface area (TPSA) is 66.8 Å². The van der Waals surface area contributed by atoms with Crippen molar-refractivity contribution in [1.82, 2.24) is 4.90 Å². The van der Waals surface area contributed by atoms with E-state index in [-0.39, 0.29) is 49.9 Å². The van der Waals surface area contributed by atoms with E-state index in [9.17, 15) is 36.6 Å². The molecule has 0 radical (unpaired) electrons. The molecule has 31 heavy (non-hydrogen) atoms. The Morgan fingerprint density at radius 3 is 2.65 bits per heavy atom. The molecule has 3 rings (SSSR count). The normalized spacial score (nSPS) is 19.2. The minimum Gasteiger partial charge on any atom is -0.494 e. The van der Waals surface area contributed by atoms with E-state index in [2.05, 4.69) is 0 Å². The van der Waals surface area contributed by atoms with Crippen LogP contribution in [0, 0.1) is 0 Å². The maximum atomic E-state index is 14.9. The number of allylic oxidation sites excluding steroid dienone is 2. The SMILES string of the molecule is COC1=CCC2C(=C1F)C(CC(=O)O)=C(C)N2C(=O)c1ccc(SC(F)(F)C(F)F)s1. The molecule has 1 aliphatic heterocycles. The Hall–Kier alpha value is -2.34. The molecular weight excluding hydrogens is 465 g/mol. The summed E-state index contributed by atoms with van der Waals surface area (Å²) >= 11 is 0.254. The maximum Gasteiger partial charge on any atom is 0.358 e. The van der Waals surface area contributed by atoms with E-state index >= 15 is 0 Å². The minimum atomic E-state index is -4.31. The van der Waals surface area contributed by atoms with Gasteiger partial charge in [0, 0.05) is 11.3 Å². The number of rotatable bonds is 7. The maximum absolute atomic E-state index is 14.9. The van der Waals surface area contributed by atoms with Crippen LogP contribution in [0.4, 0.5) is 22.0 Å². The quantitative estimate of drug-likeness (QED) is 0.416. The summed E-state index contributed by atoms with van der Waals surface area (Å²) in [6.07, 6.45) is -2.83. The van der Waals surface area contributed by atoms with Gasteiger partial charge in [-0.15, -0.1) is 11.3 Å². The highest BCUT2D eigenvalue weighted by Crippen LogP contribution is 2.46. The predicted octanol–water partition coefficient (Wildman–Crippen LogP) is 5.43. The number of carboxylic acid groups (broad SMARTS) is 1. The first kappa shape index (κ1) is 23.3. The number of thioether (sulfide) groups is 1. The molecule has 2 heterocycles. The van der Waals surface area contributed by atoms with Gasteiger partial charge in [0.2, 0.25) is 0 Å². The van der Waals surface area contributed by atoms with Crippen molar-refractivity contribution < 1.29 is 41.4 Å². The van der Waals surface area contributed by atoms with Gasteiger partial charge in [-0.25, -0.2) is 13.2 Å². The van der Waals surface area contributed by atoms with Crippen LogP contribution < -0.4 is 0 Å². The average Bonchev–Trinajstić information content (AvgIpc) is 3.24. The summed E-state index contributed by atoms with van der Waals surface area (Å²) in [5.74, 6) is -2.73. The summed E-state index contributed by atoms with van der Waals surface area (Å²) < 4.78 is 71.2. The molecule has 0 saturated heterocycles. The molecule has 168 valence electrons. The molecular formula is C19H16F5NO4S2. The van der Waals surface area contributed by atoms with Gasteiger partial charge in [-0.2, -0.15) is 8.78 Å². The highest BCUT2D eigenvalue weighted by atomic mass is 32.2. The zero-order chi connectivity index (χ0) is 23.1. The molecule has 0 saturated carbocycles. The molecule has 1 unspecified atom stereocenters. The lowest BCUT2D eigenvalue weighted by atomic mass is 9.92. The molecule has 0 spiro atoms. The van der Waals surface area contributed by atoms with Crippen LogP contribution in [-0.2, 0) is 9.53 Å². The van der Waals surface area contributed by atoms with E-state index in [1.165, 1.54) is 31.1 Å². The average molecular weight is 481 g/mol. The fourth-order valence-electron chi connectivity index (χ4n) is 3.48. The van der Waals surface area contributed by atoms with Gasteiger partial charge < -0.3 is 14.7 Å². The van der Waals surface area contributed by atoms with Crippen molar-refractivity contribution in [3.8, 4) is 0 Å². The van der Waals surface area contributed by atoms with Gasteiger partial charge in [0.1, 0.15) is 0 Å². The number of hydrogen-bond donors (Lipinski definition) is 1. The summed E-state index contributed by atoms with van der Waals surface area (Å²) in [5, 5.41) is 4.92. The Labute approximate surface area is 181 Å². The van der Waals surface area contributed by atoms with Gasteiger partial charge in [0.25, 0.3) is 5.91 Å². The van der Waals surface area contributed by atoms with Crippen molar-refractivity contribution >= 4 is 35.0 Å². The van der Waals surface area contributed by atoms with Crippen LogP contribution in [0.3, 0.4) is 0 Å². The molecule has 1 amide bonds. The molecule has 5 nitrogen and oxygen atoms in total. The molecule has 1 atom stereocenters. The van der Waals surface area contributed by atoms with Crippen molar-refractivity contribution in [2.75, 3.05) is 7.11 Å². The fourth-order valence-corrected chi connectivity index (χ4v) is 5.41. The highest BCUT2D eigenvalue weighted by Gasteiger charge is 2.44. The largest absolute Gasteiger partial charge is 0.494 e. The van der Waals surface area contributed by atoms with Crippen LogP contribution in [0.15, 0.2) is 50.8 Å². The number of hydrogen-bond acceptors (Lipinski definition) is 5. The van der Waals surface area contributed by atoms with Gasteiger partial charge >= 0.3 is 17.6 Å². The van der Waals surface area contributed by atoms with Gasteiger partial charge in [0.15, 0.2) is 11.6 Å². The van der Waals surface area contributed by atoms with Crippen LogP contribution in [0.5, 0.6) is 0 Å². The number of amides is 1. The van der Waals surface area contributed by atoms with E-state index < -0.39 is 41.8 Å². The van der Waals surface area contributed by atoms with Crippen molar-refractivity contribution in [2.45, 2.75) is 41.7 Å². The Kier molecular flexibility index (Phi) is 6.51. The first-order valence-corrected chi connectivity index (χ1v) is 10.5. The second-order valence-electron chi connectivity index (χ2n) is 6.64. The molecule has 0 aromatic carbocycles. The Balaban J connectivity index is 1.96. The molecule has 1 aromatic rings. The van der Waals surface area contributed by atoms with Crippen molar-refractivity contribution in [3.05, 3.63) is 51.5 Å². The molecule has 0 bridgehead atoms. The standard InChI is InChI=1S/C19H16F5NO4S2/c1-8-9(7-13(26)27)15-10(3-4-11(29-2)16(15)20)25(8)17(28)12-5-6-14(30-12)31-19(23,24)18(21)22/h4-6,10,18H,3,7H2,1-2H3,(H,26,27). The molecule has 1 aliphatic carbocycles. The summed E-state index contributed by atoms with van der Waals surface area (Å²) in [4.78, 5) is 25.6. The van der Waals surface area contributed by atoms with Gasteiger partial charge in [-0.05, 0) is 48.9 Å². The Morgan fingerprint density at radius 1 is 1.39 bits per heavy atom. The van der Waals surface area contributed by atoms with Crippen molar-refractivity contribution in [2.24, 2.45) is 0 Å². The third kappa shape index (κ3) is 4.36. The van der Waals surface area contributed by atoms with Crippen molar-refractivity contribution in [1.29, 1.82) is 0 Å². The van der Waals surface area contributed by atoms with Gasteiger partial charge in [0.05, 0.1) is 28.7 Å². The van der Waals surface area contributed by atoms with E-state index in [0.717, 1.165) is 6.07 Å². The minimum absolute atomic E-state index is 0.0234. The van der Waals surface area contributed by atoms with Crippen LogP contribution in [-0.4, -0.2) is 46.7 Å². The number of ether oxygens (including phenoxy) is 1. The van der Waals surface area contributed by atoms with Gasteiger partial charge in [-0.1, -0.05) is 0 Å². The Bertz CT molecular complexity index is 1010. The van der Waals surface area contributed by atoms with E-state index in [0.29, 0.717) is 11.3 Å². The number of carbonyl (C=O) groups excluding carboxylic acids is 1. The van der Waals surface area contributed by atoms with E-state index in [4.69, 9.17) is 4.74 Å². The summed E-state index contributed by atoms with van der Waals surface area (Å²) in [5.41, 5.74) is 0.373. The first-order valence-electron chi connectivity index (χ1n) is 8.82. The number of halogens is 5. The predicted molar refractivity (Wildman–Crippen MR) is 104 cm³/mol. The molecule has 1 N–H and O–H groups in total. The van der Waals surface area contributed by atoms with E-state index in [1.54, 1.807) is 0 Å². The number of carboxylic acids is 1. The third-order valence-electron chi connectivity index (χ3n) is 4.80. The van der Waals surface area contributed by atoms with Crippen LogP contribution >= 0.6 is 23.1 Å². The Morgan fingerprint density at radius 2 is 2.06 bits per heavy atom. The van der Waals surface area contributed by atoms with Crippen molar-refractivity contribution in [3.63, 3.8) is 0 Å². The monoisotopic (exact) mass is 481 g/mol. The number of aliphatic carboxylic acids is 1.